The first-order chi connectivity index (χ1) is 9.25. The van der Waals surface area contributed by atoms with Gasteiger partial charge >= 0.3 is 0 Å². The Morgan fingerprint density at radius 3 is 2.58 bits per heavy atom. The van der Waals surface area contributed by atoms with Crippen LogP contribution in [-0.2, 0) is 6.42 Å². The standard InChI is InChI=1S/C17H18FN/c18-16-13-15(11-12-17(16)19)10-6-2-5-9-14-7-3-1-4-8-14/h1,3-4,6-8,10-13H,2,5,9,19H2. The Morgan fingerprint density at radius 2 is 1.84 bits per heavy atom. The van der Waals surface area contributed by atoms with Crippen molar-refractivity contribution in [2.45, 2.75) is 19.3 Å². The number of unbranched alkanes of at least 4 members (excludes halogenated alkanes) is 1. The van der Waals surface area contributed by atoms with Gasteiger partial charge in [-0.3, -0.25) is 0 Å². The molecule has 0 aliphatic rings. The van der Waals surface area contributed by atoms with Crippen LogP contribution in [-0.4, -0.2) is 0 Å². The summed E-state index contributed by atoms with van der Waals surface area (Å²) in [6.07, 6.45) is 7.17. The number of hydrogen-bond acceptors (Lipinski definition) is 1. The lowest BCUT2D eigenvalue weighted by atomic mass is 10.1. The predicted octanol–water partition coefficient (Wildman–Crippen LogP) is 4.44. The quantitative estimate of drug-likeness (QED) is 0.620. The molecule has 2 heteroatoms. The summed E-state index contributed by atoms with van der Waals surface area (Å²) in [4.78, 5) is 0. The van der Waals surface area contributed by atoms with Crippen molar-refractivity contribution in [3.63, 3.8) is 0 Å². The normalized spacial score (nSPS) is 11.0. The van der Waals surface area contributed by atoms with Crippen LogP contribution in [0.15, 0.2) is 54.6 Å². The monoisotopic (exact) mass is 255 g/mol. The van der Waals surface area contributed by atoms with E-state index in [9.17, 15) is 4.39 Å². The molecule has 2 aromatic carbocycles. The van der Waals surface area contributed by atoms with Crippen LogP contribution in [0, 0.1) is 5.82 Å². The number of hydrogen-bond donors (Lipinski definition) is 1. The molecule has 2 aromatic rings. The summed E-state index contributed by atoms with van der Waals surface area (Å²) in [5, 5.41) is 0. The lowest BCUT2D eigenvalue weighted by molar-refractivity contribution is 0.632. The van der Waals surface area contributed by atoms with Crippen molar-refractivity contribution in [2.24, 2.45) is 0 Å². The van der Waals surface area contributed by atoms with E-state index >= 15 is 0 Å². The van der Waals surface area contributed by atoms with E-state index in [4.69, 9.17) is 5.73 Å². The van der Waals surface area contributed by atoms with Gasteiger partial charge in [0.2, 0.25) is 0 Å². The summed E-state index contributed by atoms with van der Waals surface area (Å²) in [6.45, 7) is 0. The summed E-state index contributed by atoms with van der Waals surface area (Å²) in [6, 6.07) is 15.3. The molecular weight excluding hydrogens is 237 g/mol. The summed E-state index contributed by atoms with van der Waals surface area (Å²) in [5.74, 6) is -0.355. The molecule has 0 radical (unpaired) electrons. The van der Waals surface area contributed by atoms with Crippen LogP contribution in [0.25, 0.3) is 6.08 Å². The van der Waals surface area contributed by atoms with E-state index in [1.807, 2.05) is 18.2 Å². The zero-order valence-electron chi connectivity index (χ0n) is 10.9. The van der Waals surface area contributed by atoms with E-state index in [0.717, 1.165) is 24.8 Å². The molecular formula is C17H18FN. The van der Waals surface area contributed by atoms with E-state index < -0.39 is 0 Å². The van der Waals surface area contributed by atoms with Gasteiger partial charge in [0, 0.05) is 0 Å². The van der Waals surface area contributed by atoms with Crippen LogP contribution in [0.2, 0.25) is 0 Å². The molecule has 0 amide bonds. The minimum atomic E-state index is -0.355. The van der Waals surface area contributed by atoms with E-state index in [-0.39, 0.29) is 11.5 Å². The van der Waals surface area contributed by atoms with Gasteiger partial charge in [0.05, 0.1) is 5.69 Å². The van der Waals surface area contributed by atoms with Gasteiger partial charge in [-0.05, 0) is 42.5 Å². The largest absolute Gasteiger partial charge is 0.396 e. The average Bonchev–Trinajstić information content (AvgIpc) is 2.43. The molecule has 0 atom stereocenters. The average molecular weight is 255 g/mol. The van der Waals surface area contributed by atoms with Crippen molar-refractivity contribution >= 4 is 11.8 Å². The van der Waals surface area contributed by atoms with Crippen molar-refractivity contribution in [3.05, 3.63) is 71.6 Å². The maximum Gasteiger partial charge on any atom is 0.146 e. The van der Waals surface area contributed by atoms with E-state index in [1.165, 1.54) is 11.6 Å². The van der Waals surface area contributed by atoms with Crippen LogP contribution in [0.4, 0.5) is 10.1 Å². The fourth-order valence-corrected chi connectivity index (χ4v) is 1.94. The number of aryl methyl sites for hydroxylation is 1. The van der Waals surface area contributed by atoms with Gasteiger partial charge in [-0.25, -0.2) is 4.39 Å². The molecule has 0 aliphatic carbocycles. The smallest absolute Gasteiger partial charge is 0.146 e. The van der Waals surface area contributed by atoms with Gasteiger partial charge in [0.25, 0.3) is 0 Å². The lowest BCUT2D eigenvalue weighted by Gasteiger charge is -1.99. The van der Waals surface area contributed by atoms with Crippen molar-refractivity contribution in [1.82, 2.24) is 0 Å². The highest BCUT2D eigenvalue weighted by molar-refractivity contribution is 5.54. The second-order valence-electron chi connectivity index (χ2n) is 4.56. The first-order valence-corrected chi connectivity index (χ1v) is 6.51. The topological polar surface area (TPSA) is 26.0 Å². The Morgan fingerprint density at radius 1 is 1.05 bits per heavy atom. The fourth-order valence-electron chi connectivity index (χ4n) is 1.94. The molecule has 98 valence electrons. The van der Waals surface area contributed by atoms with Crippen LogP contribution in [0.5, 0.6) is 0 Å². The minimum Gasteiger partial charge on any atom is -0.396 e. The Balaban J connectivity index is 1.79. The molecule has 0 spiro atoms. The maximum absolute atomic E-state index is 13.2. The highest BCUT2D eigenvalue weighted by Crippen LogP contribution is 2.13. The summed E-state index contributed by atoms with van der Waals surface area (Å²) >= 11 is 0. The zero-order chi connectivity index (χ0) is 13.5. The molecule has 0 saturated heterocycles. The van der Waals surface area contributed by atoms with Crippen molar-refractivity contribution < 1.29 is 4.39 Å². The van der Waals surface area contributed by atoms with E-state index in [2.05, 4.69) is 30.3 Å². The Labute approximate surface area is 113 Å². The first-order valence-electron chi connectivity index (χ1n) is 6.51. The molecule has 0 aromatic heterocycles. The van der Waals surface area contributed by atoms with Crippen LogP contribution in [0.3, 0.4) is 0 Å². The Hall–Kier alpha value is -2.09. The third-order valence-electron chi connectivity index (χ3n) is 3.01. The second kappa shape index (κ2) is 6.74. The number of anilines is 1. The van der Waals surface area contributed by atoms with Crippen LogP contribution >= 0.6 is 0 Å². The first kappa shape index (κ1) is 13.3. The number of nitrogens with two attached hydrogens (primary N) is 1. The Kier molecular flexibility index (Phi) is 4.73. The molecule has 0 fully saturated rings. The number of allylic oxidation sites excluding steroid dienone is 1. The molecule has 0 aliphatic heterocycles. The number of benzene rings is 2. The van der Waals surface area contributed by atoms with Crippen molar-refractivity contribution in [3.8, 4) is 0 Å². The van der Waals surface area contributed by atoms with Gasteiger partial charge in [-0.1, -0.05) is 48.6 Å². The summed E-state index contributed by atoms with van der Waals surface area (Å²) in [7, 11) is 0. The highest BCUT2D eigenvalue weighted by atomic mass is 19.1. The fraction of sp³-hybridized carbons (Fsp3) is 0.176. The molecule has 2 N–H and O–H groups in total. The van der Waals surface area contributed by atoms with Gasteiger partial charge < -0.3 is 5.73 Å². The molecule has 0 unspecified atom stereocenters. The van der Waals surface area contributed by atoms with Gasteiger partial charge in [0.1, 0.15) is 5.82 Å². The van der Waals surface area contributed by atoms with Gasteiger partial charge in [-0.15, -0.1) is 0 Å². The van der Waals surface area contributed by atoms with E-state index in [0.29, 0.717) is 0 Å². The minimum absolute atomic E-state index is 0.196. The number of nitrogen functional groups attached to an aromatic ring is 1. The molecule has 2 rings (SSSR count). The van der Waals surface area contributed by atoms with Crippen molar-refractivity contribution in [1.29, 1.82) is 0 Å². The Bertz CT molecular complexity index is 546. The third-order valence-corrected chi connectivity index (χ3v) is 3.01. The van der Waals surface area contributed by atoms with Crippen LogP contribution in [0.1, 0.15) is 24.0 Å². The van der Waals surface area contributed by atoms with Gasteiger partial charge in [0.15, 0.2) is 0 Å². The second-order valence-corrected chi connectivity index (χ2v) is 4.56. The molecule has 1 nitrogen and oxygen atoms in total. The lowest BCUT2D eigenvalue weighted by Crippen LogP contribution is -1.89. The SMILES string of the molecule is Nc1ccc(C=CCCCc2ccccc2)cc1F. The summed E-state index contributed by atoms with van der Waals surface area (Å²) < 4.78 is 13.2. The van der Waals surface area contributed by atoms with Crippen molar-refractivity contribution in [2.75, 3.05) is 5.73 Å². The highest BCUT2D eigenvalue weighted by Gasteiger charge is 1.96. The third kappa shape index (κ3) is 4.25. The molecule has 0 saturated carbocycles. The number of rotatable bonds is 5. The predicted molar refractivity (Wildman–Crippen MR) is 79.2 cm³/mol. The molecule has 0 heterocycles. The molecule has 0 bridgehead atoms. The van der Waals surface area contributed by atoms with E-state index in [1.54, 1.807) is 6.07 Å². The number of halogens is 1. The molecule has 19 heavy (non-hydrogen) atoms. The zero-order valence-corrected chi connectivity index (χ0v) is 10.9. The van der Waals surface area contributed by atoms with Crippen LogP contribution < -0.4 is 5.73 Å². The maximum atomic E-state index is 13.2. The summed E-state index contributed by atoms with van der Waals surface area (Å²) in [5.41, 5.74) is 7.84. The van der Waals surface area contributed by atoms with Gasteiger partial charge in [-0.2, -0.15) is 0 Å².